The second-order valence-electron chi connectivity index (χ2n) is 4.80. The van der Waals surface area contributed by atoms with Gasteiger partial charge in [-0.3, -0.25) is 14.9 Å². The number of rotatable bonds is 11. The summed E-state index contributed by atoms with van der Waals surface area (Å²) in [6, 6.07) is 4.52. The Bertz CT molecular complexity index is 645. The summed E-state index contributed by atoms with van der Waals surface area (Å²) >= 11 is 0. The molecule has 0 fully saturated rings. The van der Waals surface area contributed by atoms with Gasteiger partial charge in [0, 0.05) is 44.9 Å². The molecule has 1 aromatic carbocycles. The van der Waals surface area contributed by atoms with Crippen LogP contribution in [0.25, 0.3) is 0 Å². The summed E-state index contributed by atoms with van der Waals surface area (Å²) in [7, 11) is -3.80. The number of benzene rings is 1. The molecule has 0 atom stereocenters. The number of amides is 1. The van der Waals surface area contributed by atoms with Gasteiger partial charge in [-0.1, -0.05) is 0 Å². The Kier molecular flexibility index (Phi) is 8.30. The van der Waals surface area contributed by atoms with Crippen LogP contribution in [0.1, 0.15) is 19.8 Å². The largest absolute Gasteiger partial charge is 0.382 e. The van der Waals surface area contributed by atoms with E-state index in [0.717, 1.165) is 24.3 Å². The van der Waals surface area contributed by atoms with Gasteiger partial charge in [0.15, 0.2) is 0 Å². The van der Waals surface area contributed by atoms with Gasteiger partial charge in [0.25, 0.3) is 5.69 Å². The third kappa shape index (κ3) is 7.02. The van der Waals surface area contributed by atoms with Gasteiger partial charge in [0.1, 0.15) is 0 Å². The van der Waals surface area contributed by atoms with E-state index in [1.54, 1.807) is 0 Å². The van der Waals surface area contributed by atoms with Crippen LogP contribution in [0, 0.1) is 10.1 Å². The predicted octanol–water partition coefficient (Wildman–Crippen LogP) is 0.806. The molecule has 0 unspecified atom stereocenters. The summed E-state index contributed by atoms with van der Waals surface area (Å²) in [6.45, 7) is 3.47. The first-order valence-electron chi connectivity index (χ1n) is 7.45. The molecule has 1 amide bonds. The summed E-state index contributed by atoms with van der Waals surface area (Å²) in [6.07, 6.45) is 0.689. The molecule has 0 aliphatic heterocycles. The maximum atomic E-state index is 12.0. The minimum Gasteiger partial charge on any atom is -0.382 e. The van der Waals surface area contributed by atoms with Crippen molar-refractivity contribution >= 4 is 21.6 Å². The quantitative estimate of drug-likeness (QED) is 0.342. The van der Waals surface area contributed by atoms with Gasteiger partial charge >= 0.3 is 0 Å². The zero-order valence-electron chi connectivity index (χ0n) is 13.4. The van der Waals surface area contributed by atoms with E-state index in [2.05, 4.69) is 10.0 Å². The average molecular weight is 359 g/mol. The van der Waals surface area contributed by atoms with Crippen molar-refractivity contribution in [2.45, 2.75) is 24.7 Å². The number of non-ortho nitro benzene ring substituents is 1. The fourth-order valence-corrected chi connectivity index (χ4v) is 2.80. The number of carbonyl (C=O) groups excluding carboxylic acids is 1. The molecular formula is C14H21N3O6S. The minimum atomic E-state index is -3.80. The number of nitro benzene ring substituents is 1. The van der Waals surface area contributed by atoms with Gasteiger partial charge in [-0.2, -0.15) is 0 Å². The smallest absolute Gasteiger partial charge is 0.269 e. The lowest BCUT2D eigenvalue weighted by Crippen LogP contribution is -2.31. The first kappa shape index (κ1) is 20.0. The van der Waals surface area contributed by atoms with Crippen molar-refractivity contribution in [1.29, 1.82) is 0 Å². The lowest BCUT2D eigenvalue weighted by Gasteiger charge is -2.07. The normalized spacial score (nSPS) is 11.2. The lowest BCUT2D eigenvalue weighted by atomic mass is 10.3. The average Bonchev–Trinajstić information content (AvgIpc) is 2.54. The molecular weight excluding hydrogens is 338 g/mol. The van der Waals surface area contributed by atoms with Gasteiger partial charge in [-0.25, -0.2) is 13.1 Å². The van der Waals surface area contributed by atoms with E-state index in [-0.39, 0.29) is 29.5 Å². The van der Waals surface area contributed by atoms with Crippen LogP contribution in [0.3, 0.4) is 0 Å². The van der Waals surface area contributed by atoms with Crippen molar-refractivity contribution in [3.63, 3.8) is 0 Å². The molecule has 0 radical (unpaired) electrons. The molecule has 24 heavy (non-hydrogen) atoms. The van der Waals surface area contributed by atoms with Crippen molar-refractivity contribution in [1.82, 2.24) is 10.0 Å². The number of hydrogen-bond acceptors (Lipinski definition) is 6. The van der Waals surface area contributed by atoms with Gasteiger partial charge in [-0.05, 0) is 25.5 Å². The van der Waals surface area contributed by atoms with Gasteiger partial charge < -0.3 is 10.1 Å². The molecule has 0 aromatic heterocycles. The number of ether oxygens (including phenoxy) is 1. The Balaban J connectivity index is 2.37. The van der Waals surface area contributed by atoms with Crippen LogP contribution >= 0.6 is 0 Å². The van der Waals surface area contributed by atoms with Crippen molar-refractivity contribution in [3.8, 4) is 0 Å². The molecule has 9 nitrogen and oxygen atoms in total. The molecule has 0 aliphatic carbocycles. The van der Waals surface area contributed by atoms with Gasteiger partial charge in [-0.15, -0.1) is 0 Å². The summed E-state index contributed by atoms with van der Waals surface area (Å²) in [5.41, 5.74) is -0.194. The highest BCUT2D eigenvalue weighted by Gasteiger charge is 2.15. The third-order valence-electron chi connectivity index (χ3n) is 2.99. The van der Waals surface area contributed by atoms with E-state index in [1.165, 1.54) is 0 Å². The van der Waals surface area contributed by atoms with Crippen LogP contribution < -0.4 is 10.0 Å². The maximum absolute atomic E-state index is 12.0. The molecule has 0 saturated carbocycles. The van der Waals surface area contributed by atoms with E-state index in [0.29, 0.717) is 26.2 Å². The molecule has 2 N–H and O–H groups in total. The second-order valence-corrected chi connectivity index (χ2v) is 6.57. The Morgan fingerprint density at radius 2 is 1.92 bits per heavy atom. The second kappa shape index (κ2) is 9.96. The minimum absolute atomic E-state index is 0.000840. The summed E-state index contributed by atoms with van der Waals surface area (Å²) in [5, 5.41) is 13.2. The topological polar surface area (TPSA) is 128 Å². The standard InChI is InChI=1S/C14H21N3O6S/c1-2-23-11-3-9-15-14(18)8-10-16-24(21,22)13-6-4-12(5-7-13)17(19)20/h4-7,16H,2-3,8-11H2,1H3,(H,15,18). The molecule has 0 saturated heterocycles. The summed E-state index contributed by atoms with van der Waals surface area (Å²) < 4.78 is 31.4. The highest BCUT2D eigenvalue weighted by atomic mass is 32.2. The zero-order chi connectivity index (χ0) is 18.0. The van der Waals surface area contributed by atoms with E-state index in [9.17, 15) is 23.3 Å². The Labute approximate surface area is 140 Å². The first-order chi connectivity index (χ1) is 11.4. The van der Waals surface area contributed by atoms with Crippen LogP contribution in [0.15, 0.2) is 29.2 Å². The van der Waals surface area contributed by atoms with Gasteiger partial charge in [0.2, 0.25) is 15.9 Å². The predicted molar refractivity (Wildman–Crippen MR) is 87.0 cm³/mol. The van der Waals surface area contributed by atoms with Crippen molar-refractivity contribution < 1.29 is 22.9 Å². The zero-order valence-corrected chi connectivity index (χ0v) is 14.2. The number of carbonyl (C=O) groups is 1. The fraction of sp³-hybridized carbons (Fsp3) is 0.500. The monoisotopic (exact) mass is 359 g/mol. The number of hydrogen-bond donors (Lipinski definition) is 2. The highest BCUT2D eigenvalue weighted by Crippen LogP contribution is 2.15. The number of sulfonamides is 1. The molecule has 1 aromatic rings. The van der Waals surface area contributed by atoms with E-state index in [4.69, 9.17) is 4.74 Å². The van der Waals surface area contributed by atoms with Crippen molar-refractivity contribution in [3.05, 3.63) is 34.4 Å². The Morgan fingerprint density at radius 3 is 2.50 bits per heavy atom. The number of nitro groups is 1. The third-order valence-corrected chi connectivity index (χ3v) is 4.47. The maximum Gasteiger partial charge on any atom is 0.269 e. The Morgan fingerprint density at radius 1 is 1.25 bits per heavy atom. The van der Waals surface area contributed by atoms with E-state index < -0.39 is 14.9 Å². The Hall–Kier alpha value is -2.04. The summed E-state index contributed by atoms with van der Waals surface area (Å²) in [4.78, 5) is 21.4. The molecule has 10 heteroatoms. The van der Waals surface area contributed by atoms with Crippen molar-refractivity contribution in [2.24, 2.45) is 0 Å². The molecule has 0 spiro atoms. The molecule has 0 bridgehead atoms. The van der Waals surface area contributed by atoms with E-state index in [1.807, 2.05) is 6.92 Å². The molecule has 134 valence electrons. The van der Waals surface area contributed by atoms with Crippen LogP contribution in [0.5, 0.6) is 0 Å². The molecule has 0 heterocycles. The van der Waals surface area contributed by atoms with E-state index >= 15 is 0 Å². The lowest BCUT2D eigenvalue weighted by molar-refractivity contribution is -0.384. The number of nitrogens with one attached hydrogen (secondary N) is 2. The summed E-state index contributed by atoms with van der Waals surface area (Å²) in [5.74, 6) is -0.266. The number of nitrogens with zero attached hydrogens (tertiary/aromatic N) is 1. The first-order valence-corrected chi connectivity index (χ1v) is 8.93. The molecule has 0 aliphatic rings. The fourth-order valence-electron chi connectivity index (χ4n) is 1.76. The van der Waals surface area contributed by atoms with Crippen LogP contribution in [-0.2, 0) is 19.6 Å². The van der Waals surface area contributed by atoms with Crippen molar-refractivity contribution in [2.75, 3.05) is 26.3 Å². The highest BCUT2D eigenvalue weighted by molar-refractivity contribution is 7.89. The van der Waals surface area contributed by atoms with Crippen LogP contribution in [0.4, 0.5) is 5.69 Å². The SMILES string of the molecule is CCOCCCNC(=O)CCNS(=O)(=O)c1ccc([N+](=O)[O-])cc1. The van der Waals surface area contributed by atoms with Crippen LogP contribution in [-0.4, -0.2) is 45.6 Å². The molecule has 1 rings (SSSR count). The van der Waals surface area contributed by atoms with Gasteiger partial charge in [0.05, 0.1) is 9.82 Å². The van der Waals surface area contributed by atoms with Crippen LogP contribution in [0.2, 0.25) is 0 Å².